The first-order valence-corrected chi connectivity index (χ1v) is 10.0. The van der Waals surface area contributed by atoms with E-state index < -0.39 is 0 Å². The average Bonchev–Trinajstić information content (AvgIpc) is 3.19. The van der Waals surface area contributed by atoms with E-state index in [-0.39, 0.29) is 6.79 Å². The van der Waals surface area contributed by atoms with Gasteiger partial charge in [0.05, 0.1) is 7.11 Å². The van der Waals surface area contributed by atoms with Crippen LogP contribution in [0.1, 0.15) is 18.4 Å². The Labute approximate surface area is 165 Å². The molecule has 0 saturated carbocycles. The maximum Gasteiger partial charge on any atom is 0.231 e. The van der Waals surface area contributed by atoms with E-state index in [9.17, 15) is 0 Å². The first-order chi connectivity index (χ1) is 13.7. The van der Waals surface area contributed by atoms with Gasteiger partial charge in [0.1, 0.15) is 5.75 Å². The van der Waals surface area contributed by atoms with Crippen LogP contribution in [0, 0.1) is 5.92 Å². The fourth-order valence-corrected chi connectivity index (χ4v) is 4.59. The molecule has 0 bridgehead atoms. The highest BCUT2D eigenvalue weighted by atomic mass is 16.7. The lowest BCUT2D eigenvalue weighted by Crippen LogP contribution is -2.37. The molecule has 0 spiro atoms. The van der Waals surface area contributed by atoms with Crippen molar-refractivity contribution in [3.63, 3.8) is 0 Å². The Morgan fingerprint density at radius 3 is 2.75 bits per heavy atom. The normalized spacial score (nSPS) is 19.4. The molecule has 1 fully saturated rings. The maximum absolute atomic E-state index is 5.94. The van der Waals surface area contributed by atoms with Gasteiger partial charge in [-0.3, -0.25) is 4.90 Å². The van der Waals surface area contributed by atoms with Crippen LogP contribution in [-0.4, -0.2) is 38.4 Å². The molecule has 28 heavy (non-hydrogen) atoms. The van der Waals surface area contributed by atoms with Crippen LogP contribution < -0.4 is 19.9 Å². The van der Waals surface area contributed by atoms with Crippen LogP contribution in [0.25, 0.3) is 21.5 Å². The van der Waals surface area contributed by atoms with Gasteiger partial charge in [-0.1, -0.05) is 6.07 Å². The molecule has 2 heterocycles. The highest BCUT2D eigenvalue weighted by molar-refractivity contribution is 6.10. The van der Waals surface area contributed by atoms with Crippen LogP contribution >= 0.6 is 0 Å². The summed E-state index contributed by atoms with van der Waals surface area (Å²) in [5.41, 5.74) is 7.28. The van der Waals surface area contributed by atoms with Crippen LogP contribution in [0.3, 0.4) is 0 Å². The first kappa shape index (κ1) is 17.6. The molecule has 0 aromatic heterocycles. The molecule has 146 valence electrons. The summed E-state index contributed by atoms with van der Waals surface area (Å²) in [6, 6.07) is 12.8. The second-order valence-electron chi connectivity index (χ2n) is 7.85. The lowest BCUT2D eigenvalue weighted by Gasteiger charge is -2.32. The van der Waals surface area contributed by atoms with Crippen LogP contribution in [0.2, 0.25) is 0 Å². The Bertz CT molecular complexity index is 1030. The number of methoxy groups -OCH3 is 1. The summed E-state index contributed by atoms with van der Waals surface area (Å²) in [4.78, 5) is 2.54. The van der Waals surface area contributed by atoms with Gasteiger partial charge < -0.3 is 19.9 Å². The third-order valence-corrected chi connectivity index (χ3v) is 6.07. The quantitative estimate of drug-likeness (QED) is 0.698. The molecule has 2 aliphatic heterocycles. The Morgan fingerprint density at radius 1 is 1.07 bits per heavy atom. The van der Waals surface area contributed by atoms with E-state index in [2.05, 4.69) is 35.2 Å². The van der Waals surface area contributed by atoms with Crippen LogP contribution in [-0.2, 0) is 6.54 Å². The van der Waals surface area contributed by atoms with Gasteiger partial charge in [0.2, 0.25) is 6.79 Å². The minimum Gasteiger partial charge on any atom is -0.497 e. The zero-order valence-corrected chi connectivity index (χ0v) is 16.2. The van der Waals surface area contributed by atoms with Crippen molar-refractivity contribution in [1.82, 2.24) is 4.90 Å². The third-order valence-electron chi connectivity index (χ3n) is 6.07. The summed E-state index contributed by atoms with van der Waals surface area (Å²) in [6.07, 6.45) is 2.46. The lowest BCUT2D eigenvalue weighted by molar-refractivity contribution is 0.171. The number of rotatable bonds is 4. The topological polar surface area (TPSA) is 57.0 Å². The highest BCUT2D eigenvalue weighted by Crippen LogP contribution is 2.40. The second kappa shape index (κ2) is 7.15. The van der Waals surface area contributed by atoms with Crippen molar-refractivity contribution in [3.05, 3.63) is 42.0 Å². The number of fused-ring (bicyclic) bond motifs is 4. The summed E-state index contributed by atoms with van der Waals surface area (Å²) >= 11 is 0. The zero-order chi connectivity index (χ0) is 19.1. The number of hydrogen-bond acceptors (Lipinski definition) is 5. The van der Waals surface area contributed by atoms with Gasteiger partial charge in [-0.2, -0.15) is 0 Å². The Kier molecular flexibility index (Phi) is 4.49. The largest absolute Gasteiger partial charge is 0.497 e. The maximum atomic E-state index is 5.94. The van der Waals surface area contributed by atoms with Crippen LogP contribution in [0.5, 0.6) is 17.2 Å². The van der Waals surface area contributed by atoms with E-state index in [1.54, 1.807) is 7.11 Å². The van der Waals surface area contributed by atoms with Crippen molar-refractivity contribution in [2.45, 2.75) is 19.4 Å². The summed E-state index contributed by atoms with van der Waals surface area (Å²) in [6.45, 7) is 4.20. The van der Waals surface area contributed by atoms with E-state index >= 15 is 0 Å². The number of nitrogens with zero attached hydrogens (tertiary/aromatic N) is 1. The summed E-state index contributed by atoms with van der Waals surface area (Å²) in [5, 5.41) is 4.80. The van der Waals surface area contributed by atoms with Gasteiger partial charge in [0.25, 0.3) is 0 Å². The molecular formula is C23H26N2O3. The molecule has 2 aliphatic rings. The van der Waals surface area contributed by atoms with Gasteiger partial charge >= 0.3 is 0 Å². The van der Waals surface area contributed by atoms with E-state index in [4.69, 9.17) is 19.9 Å². The fourth-order valence-electron chi connectivity index (χ4n) is 4.59. The molecule has 1 unspecified atom stereocenters. The summed E-state index contributed by atoms with van der Waals surface area (Å²) < 4.78 is 16.7. The smallest absolute Gasteiger partial charge is 0.231 e. The minimum absolute atomic E-state index is 0.286. The van der Waals surface area contributed by atoms with E-state index in [0.717, 1.165) is 43.4 Å². The number of piperidine rings is 1. The van der Waals surface area contributed by atoms with E-state index in [1.807, 2.05) is 6.07 Å². The van der Waals surface area contributed by atoms with E-state index in [0.29, 0.717) is 5.92 Å². The van der Waals surface area contributed by atoms with Crippen molar-refractivity contribution >= 4 is 21.5 Å². The number of ether oxygens (including phenoxy) is 3. The molecule has 3 aromatic rings. The Hall–Kier alpha value is -2.50. The average molecular weight is 378 g/mol. The van der Waals surface area contributed by atoms with Crippen molar-refractivity contribution < 1.29 is 14.2 Å². The Morgan fingerprint density at radius 2 is 1.93 bits per heavy atom. The molecule has 0 radical (unpaired) electrons. The standard InChI is InChI=1S/C23H26N2O3/c1-26-18-4-5-19-17(13-25-6-2-3-15(11-24)12-25)7-16-8-22-23(28-14-27-22)10-20(16)21(19)9-18/h4-5,7-10,15H,2-3,6,11-14,24H2,1H3. The van der Waals surface area contributed by atoms with Crippen molar-refractivity contribution in [2.24, 2.45) is 11.7 Å². The fraction of sp³-hybridized carbons (Fsp3) is 0.391. The predicted molar refractivity (Wildman–Crippen MR) is 111 cm³/mol. The van der Waals surface area contributed by atoms with Gasteiger partial charge in [0, 0.05) is 13.1 Å². The van der Waals surface area contributed by atoms with Gasteiger partial charge in [-0.05, 0) is 89.3 Å². The van der Waals surface area contributed by atoms with Crippen molar-refractivity contribution in [2.75, 3.05) is 33.5 Å². The minimum atomic E-state index is 0.286. The molecule has 0 aliphatic carbocycles. The van der Waals surface area contributed by atoms with Crippen LogP contribution in [0.15, 0.2) is 36.4 Å². The highest BCUT2D eigenvalue weighted by Gasteiger charge is 2.21. The number of benzene rings is 3. The lowest BCUT2D eigenvalue weighted by atomic mass is 9.94. The molecule has 5 nitrogen and oxygen atoms in total. The van der Waals surface area contributed by atoms with Gasteiger partial charge in [0.15, 0.2) is 11.5 Å². The van der Waals surface area contributed by atoms with Gasteiger partial charge in [-0.25, -0.2) is 0 Å². The first-order valence-electron chi connectivity index (χ1n) is 10.0. The molecule has 0 amide bonds. The molecular weight excluding hydrogens is 352 g/mol. The molecule has 1 saturated heterocycles. The number of hydrogen-bond donors (Lipinski definition) is 1. The number of likely N-dealkylation sites (tertiary alicyclic amines) is 1. The second-order valence-corrected chi connectivity index (χ2v) is 7.85. The van der Waals surface area contributed by atoms with Gasteiger partial charge in [-0.15, -0.1) is 0 Å². The van der Waals surface area contributed by atoms with Crippen molar-refractivity contribution in [1.29, 1.82) is 0 Å². The van der Waals surface area contributed by atoms with E-state index in [1.165, 1.54) is 39.9 Å². The SMILES string of the molecule is COc1ccc2c(CN3CCCC(CN)C3)cc3cc4c(cc3c2c1)OCO4. The summed E-state index contributed by atoms with van der Waals surface area (Å²) in [7, 11) is 1.71. The monoisotopic (exact) mass is 378 g/mol. The molecule has 5 rings (SSSR count). The molecule has 1 atom stereocenters. The predicted octanol–water partition coefficient (Wildman–Crippen LogP) is 3.90. The summed E-state index contributed by atoms with van der Waals surface area (Å²) in [5.74, 6) is 3.10. The van der Waals surface area contributed by atoms with Crippen molar-refractivity contribution in [3.8, 4) is 17.2 Å². The van der Waals surface area contributed by atoms with Crippen LogP contribution in [0.4, 0.5) is 0 Å². The number of nitrogens with two attached hydrogens (primary N) is 1. The molecule has 2 N–H and O–H groups in total. The molecule has 5 heteroatoms. The zero-order valence-electron chi connectivity index (χ0n) is 16.2. The molecule has 3 aromatic carbocycles. The Balaban J connectivity index is 1.64. The third kappa shape index (κ3) is 3.05.